The zero-order chi connectivity index (χ0) is 14.5. The Labute approximate surface area is 115 Å². The van der Waals surface area contributed by atoms with E-state index in [1.54, 1.807) is 12.1 Å². The molecular weight excluding hydrogens is 262 g/mol. The number of rotatable bonds is 4. The number of carbonyl (C=O) groups excluding carboxylic acids is 1. The summed E-state index contributed by atoms with van der Waals surface area (Å²) in [6.45, 7) is 0.541. The average molecular weight is 276 g/mol. The highest BCUT2D eigenvalue weighted by molar-refractivity contribution is 5.95. The molecule has 104 valence electrons. The molecule has 0 fully saturated rings. The van der Waals surface area contributed by atoms with E-state index in [-0.39, 0.29) is 24.5 Å². The lowest BCUT2D eigenvalue weighted by molar-refractivity contribution is 0.0951. The van der Waals surface area contributed by atoms with E-state index in [1.807, 2.05) is 0 Å². The number of hydrogen-bond donors (Lipinski definition) is 2. The fourth-order valence-electron chi connectivity index (χ4n) is 1.83. The van der Waals surface area contributed by atoms with Crippen LogP contribution in [0, 0.1) is 11.6 Å². The minimum absolute atomic E-state index is 0.0831. The molecule has 0 aliphatic rings. The molecule has 1 amide bonds. The van der Waals surface area contributed by atoms with Crippen molar-refractivity contribution in [3.63, 3.8) is 0 Å². The van der Waals surface area contributed by atoms with Crippen LogP contribution >= 0.6 is 0 Å². The smallest absolute Gasteiger partial charge is 0.254 e. The summed E-state index contributed by atoms with van der Waals surface area (Å²) in [6, 6.07) is 9.99. The van der Waals surface area contributed by atoms with E-state index >= 15 is 0 Å². The third-order valence-corrected chi connectivity index (χ3v) is 2.80. The lowest BCUT2D eigenvalue weighted by atomic mass is 10.0. The van der Waals surface area contributed by atoms with Crippen LogP contribution in [0.5, 0.6) is 0 Å². The minimum atomic E-state index is -0.625. The highest BCUT2D eigenvalue weighted by Crippen LogP contribution is 2.22. The van der Waals surface area contributed by atoms with Crippen LogP contribution in [0.25, 0.3) is 11.1 Å². The van der Waals surface area contributed by atoms with Crippen LogP contribution in [-0.4, -0.2) is 19.0 Å². The van der Waals surface area contributed by atoms with Gasteiger partial charge in [-0.1, -0.05) is 18.2 Å². The Hall–Kier alpha value is -2.27. The molecule has 2 rings (SSSR count). The molecule has 0 heterocycles. The predicted molar refractivity (Wildman–Crippen MR) is 73.2 cm³/mol. The first kappa shape index (κ1) is 14.1. The van der Waals surface area contributed by atoms with Gasteiger partial charge in [-0.15, -0.1) is 0 Å². The molecule has 0 saturated carbocycles. The van der Waals surface area contributed by atoms with Gasteiger partial charge in [0.2, 0.25) is 0 Å². The topological polar surface area (TPSA) is 55.1 Å². The predicted octanol–water partition coefficient (Wildman–Crippen LogP) is 2.32. The Balaban J connectivity index is 2.35. The Morgan fingerprint density at radius 1 is 1.10 bits per heavy atom. The molecule has 5 heteroatoms. The normalized spacial score (nSPS) is 10.3. The van der Waals surface area contributed by atoms with Gasteiger partial charge in [0.05, 0.1) is 5.56 Å². The molecule has 3 nitrogen and oxygen atoms in total. The van der Waals surface area contributed by atoms with E-state index in [0.29, 0.717) is 11.1 Å². The molecular formula is C15H14F2N2O. The van der Waals surface area contributed by atoms with E-state index in [4.69, 9.17) is 5.73 Å². The number of hydrogen-bond acceptors (Lipinski definition) is 2. The number of nitrogens with two attached hydrogens (primary N) is 1. The Morgan fingerprint density at radius 2 is 1.85 bits per heavy atom. The first-order chi connectivity index (χ1) is 9.61. The summed E-state index contributed by atoms with van der Waals surface area (Å²) in [5, 5.41) is 2.50. The molecule has 0 aliphatic heterocycles. The molecule has 0 bridgehead atoms. The molecule has 3 N–H and O–H groups in total. The maximum Gasteiger partial charge on any atom is 0.254 e. The monoisotopic (exact) mass is 276 g/mol. The van der Waals surface area contributed by atoms with E-state index in [0.717, 1.165) is 0 Å². The van der Waals surface area contributed by atoms with Gasteiger partial charge >= 0.3 is 0 Å². The number of benzene rings is 2. The first-order valence-electron chi connectivity index (χ1n) is 6.15. The van der Waals surface area contributed by atoms with Gasteiger partial charge < -0.3 is 11.1 Å². The highest BCUT2D eigenvalue weighted by atomic mass is 19.1. The van der Waals surface area contributed by atoms with Crippen molar-refractivity contribution in [3.8, 4) is 11.1 Å². The summed E-state index contributed by atoms with van der Waals surface area (Å²) in [4.78, 5) is 11.8. The highest BCUT2D eigenvalue weighted by Gasteiger charge is 2.12. The second-order valence-electron chi connectivity index (χ2n) is 4.25. The minimum Gasteiger partial charge on any atom is -0.351 e. The van der Waals surface area contributed by atoms with E-state index in [9.17, 15) is 13.6 Å². The summed E-state index contributed by atoms with van der Waals surface area (Å²) < 4.78 is 26.9. The standard InChI is InChI=1S/C15H14F2N2O/c16-12-3-1-2-10(8-12)11-4-5-14(17)13(9-11)15(20)19-7-6-18/h1-5,8-9H,6-7,18H2,(H,19,20). The number of halogens is 2. The van der Waals surface area contributed by atoms with Crippen molar-refractivity contribution in [3.05, 3.63) is 59.7 Å². The first-order valence-corrected chi connectivity index (χ1v) is 6.15. The van der Waals surface area contributed by atoms with Gasteiger partial charge in [-0.05, 0) is 35.4 Å². The lowest BCUT2D eigenvalue weighted by Crippen LogP contribution is -2.29. The number of carbonyl (C=O) groups is 1. The second-order valence-corrected chi connectivity index (χ2v) is 4.25. The van der Waals surface area contributed by atoms with Crippen LogP contribution in [0.1, 0.15) is 10.4 Å². The van der Waals surface area contributed by atoms with Crippen molar-refractivity contribution >= 4 is 5.91 Å². The molecule has 0 spiro atoms. The van der Waals surface area contributed by atoms with Gasteiger partial charge in [0.1, 0.15) is 11.6 Å². The van der Waals surface area contributed by atoms with Gasteiger partial charge in [0.15, 0.2) is 0 Å². The van der Waals surface area contributed by atoms with Crippen molar-refractivity contribution in [2.45, 2.75) is 0 Å². The second kappa shape index (κ2) is 6.25. The van der Waals surface area contributed by atoms with Gasteiger partial charge in [0.25, 0.3) is 5.91 Å². The largest absolute Gasteiger partial charge is 0.351 e. The average Bonchev–Trinajstić information content (AvgIpc) is 2.45. The van der Waals surface area contributed by atoms with Crippen molar-refractivity contribution in [2.75, 3.05) is 13.1 Å². The lowest BCUT2D eigenvalue weighted by Gasteiger charge is -2.08. The third-order valence-electron chi connectivity index (χ3n) is 2.80. The molecule has 0 unspecified atom stereocenters. The Morgan fingerprint density at radius 3 is 2.55 bits per heavy atom. The summed E-state index contributed by atoms with van der Waals surface area (Å²) in [7, 11) is 0. The van der Waals surface area contributed by atoms with Crippen LogP contribution in [-0.2, 0) is 0 Å². The molecule has 0 saturated heterocycles. The van der Waals surface area contributed by atoms with E-state index in [1.165, 1.54) is 30.3 Å². The number of nitrogens with one attached hydrogen (secondary N) is 1. The van der Waals surface area contributed by atoms with Crippen molar-refractivity contribution in [2.24, 2.45) is 5.73 Å². The van der Waals surface area contributed by atoms with Gasteiger partial charge in [-0.2, -0.15) is 0 Å². The summed E-state index contributed by atoms with van der Waals surface area (Å²) in [5.41, 5.74) is 6.35. The fourth-order valence-corrected chi connectivity index (χ4v) is 1.83. The molecule has 20 heavy (non-hydrogen) atoms. The number of amides is 1. The summed E-state index contributed by atoms with van der Waals surface area (Å²) in [6.07, 6.45) is 0. The van der Waals surface area contributed by atoms with Crippen molar-refractivity contribution in [1.82, 2.24) is 5.32 Å². The van der Waals surface area contributed by atoms with Gasteiger partial charge in [0, 0.05) is 13.1 Å². The van der Waals surface area contributed by atoms with Crippen LogP contribution in [0.4, 0.5) is 8.78 Å². The third kappa shape index (κ3) is 3.19. The molecule has 0 radical (unpaired) electrons. The van der Waals surface area contributed by atoms with Crippen molar-refractivity contribution in [1.29, 1.82) is 0 Å². The summed E-state index contributed by atoms with van der Waals surface area (Å²) >= 11 is 0. The quantitative estimate of drug-likeness (QED) is 0.900. The van der Waals surface area contributed by atoms with E-state index < -0.39 is 11.7 Å². The van der Waals surface area contributed by atoms with Gasteiger partial charge in [-0.3, -0.25) is 4.79 Å². The Bertz CT molecular complexity index is 629. The molecule has 0 aliphatic carbocycles. The van der Waals surface area contributed by atoms with Gasteiger partial charge in [-0.25, -0.2) is 8.78 Å². The molecule has 2 aromatic rings. The molecule has 2 aromatic carbocycles. The summed E-state index contributed by atoms with van der Waals surface area (Å²) in [5.74, 6) is -1.55. The van der Waals surface area contributed by atoms with Crippen LogP contribution in [0.3, 0.4) is 0 Å². The van der Waals surface area contributed by atoms with E-state index in [2.05, 4.69) is 5.32 Å². The maximum atomic E-state index is 13.7. The van der Waals surface area contributed by atoms with Crippen LogP contribution in [0.15, 0.2) is 42.5 Å². The Kier molecular flexibility index (Phi) is 4.42. The molecule has 0 aromatic heterocycles. The van der Waals surface area contributed by atoms with Crippen molar-refractivity contribution < 1.29 is 13.6 Å². The zero-order valence-corrected chi connectivity index (χ0v) is 10.7. The zero-order valence-electron chi connectivity index (χ0n) is 10.7. The fraction of sp³-hybridized carbons (Fsp3) is 0.133. The van der Waals surface area contributed by atoms with Crippen LogP contribution < -0.4 is 11.1 Å². The van der Waals surface area contributed by atoms with Crippen LogP contribution in [0.2, 0.25) is 0 Å². The SMILES string of the molecule is NCCNC(=O)c1cc(-c2cccc(F)c2)ccc1F. The molecule has 0 atom stereocenters. The maximum absolute atomic E-state index is 13.7.